The molecule has 2 fully saturated rings. The summed E-state index contributed by atoms with van der Waals surface area (Å²) in [5, 5.41) is 4.36. The quantitative estimate of drug-likeness (QED) is 0.789. The summed E-state index contributed by atoms with van der Waals surface area (Å²) in [7, 11) is 0. The molecule has 0 aromatic carbocycles. The van der Waals surface area contributed by atoms with E-state index < -0.39 is 0 Å². The van der Waals surface area contributed by atoms with E-state index in [9.17, 15) is 4.79 Å². The van der Waals surface area contributed by atoms with Crippen molar-refractivity contribution in [3.63, 3.8) is 0 Å². The molecular weight excluding hydrogens is 256 g/mol. The second-order valence-electron chi connectivity index (χ2n) is 5.40. The zero-order valence-corrected chi connectivity index (χ0v) is 11.9. The van der Waals surface area contributed by atoms with Gasteiger partial charge in [-0.2, -0.15) is 11.3 Å². The highest BCUT2D eigenvalue weighted by Crippen LogP contribution is 2.32. The van der Waals surface area contributed by atoms with E-state index in [2.05, 4.69) is 28.3 Å². The van der Waals surface area contributed by atoms with Crippen molar-refractivity contribution < 1.29 is 4.79 Å². The van der Waals surface area contributed by atoms with E-state index in [1.165, 1.54) is 5.56 Å². The van der Waals surface area contributed by atoms with E-state index in [4.69, 9.17) is 0 Å². The molecule has 2 aliphatic rings. The molecule has 19 heavy (non-hydrogen) atoms. The number of nitrogens with zero attached hydrogens (tertiary/aromatic N) is 2. The maximum absolute atomic E-state index is 12.0. The van der Waals surface area contributed by atoms with Crippen molar-refractivity contribution in [1.29, 1.82) is 0 Å². The van der Waals surface area contributed by atoms with Crippen LogP contribution in [0.1, 0.15) is 24.8 Å². The summed E-state index contributed by atoms with van der Waals surface area (Å²) in [5.41, 5.74) is 1.40. The molecule has 0 radical (unpaired) electrons. The van der Waals surface area contributed by atoms with Gasteiger partial charge in [-0.3, -0.25) is 9.69 Å². The number of rotatable bonds is 4. The van der Waals surface area contributed by atoms with Crippen LogP contribution < -0.4 is 0 Å². The number of fused-ring (bicyclic) bond motifs is 1. The van der Waals surface area contributed by atoms with Gasteiger partial charge in [-0.05, 0) is 35.2 Å². The van der Waals surface area contributed by atoms with Gasteiger partial charge in [-0.1, -0.05) is 6.08 Å². The van der Waals surface area contributed by atoms with E-state index in [1.54, 1.807) is 11.3 Å². The highest BCUT2D eigenvalue weighted by Gasteiger charge is 2.42. The Hall–Kier alpha value is -1.13. The lowest BCUT2D eigenvalue weighted by molar-refractivity contribution is -0.136. The van der Waals surface area contributed by atoms with Gasteiger partial charge >= 0.3 is 0 Å². The molecule has 1 aromatic rings. The third-order valence-electron chi connectivity index (χ3n) is 4.29. The minimum Gasteiger partial charge on any atom is -0.334 e. The molecule has 0 unspecified atom stereocenters. The molecule has 4 heteroatoms. The normalized spacial score (nSPS) is 27.6. The minimum atomic E-state index is 0.304. The zero-order chi connectivity index (χ0) is 13.2. The topological polar surface area (TPSA) is 23.6 Å². The second kappa shape index (κ2) is 5.47. The summed E-state index contributed by atoms with van der Waals surface area (Å²) in [5.74, 6) is 0.304. The van der Waals surface area contributed by atoms with Gasteiger partial charge in [0.1, 0.15) is 0 Å². The van der Waals surface area contributed by atoms with Gasteiger partial charge in [-0.15, -0.1) is 6.58 Å². The van der Waals surface area contributed by atoms with Crippen LogP contribution >= 0.6 is 11.3 Å². The second-order valence-corrected chi connectivity index (χ2v) is 6.18. The number of hydrogen-bond donors (Lipinski definition) is 0. The van der Waals surface area contributed by atoms with Crippen molar-refractivity contribution >= 4 is 17.2 Å². The van der Waals surface area contributed by atoms with Crippen LogP contribution in [0.2, 0.25) is 0 Å². The molecule has 2 aliphatic heterocycles. The zero-order valence-electron chi connectivity index (χ0n) is 11.1. The molecule has 0 aliphatic carbocycles. The van der Waals surface area contributed by atoms with E-state index in [0.717, 1.165) is 25.9 Å². The lowest BCUT2D eigenvalue weighted by Gasteiger charge is -2.39. The van der Waals surface area contributed by atoms with Crippen molar-refractivity contribution in [1.82, 2.24) is 9.80 Å². The average Bonchev–Trinajstić information content (AvgIpc) is 3.04. The number of carbonyl (C=O) groups is 1. The Kier molecular flexibility index (Phi) is 3.71. The lowest BCUT2D eigenvalue weighted by Crippen LogP contribution is -2.52. The van der Waals surface area contributed by atoms with Crippen molar-refractivity contribution in [2.45, 2.75) is 37.9 Å². The number of likely N-dealkylation sites (tertiary alicyclic amines) is 2. The number of hydrogen-bond acceptors (Lipinski definition) is 3. The predicted molar refractivity (Wildman–Crippen MR) is 78.1 cm³/mol. The van der Waals surface area contributed by atoms with Crippen molar-refractivity contribution in [2.75, 3.05) is 13.1 Å². The SMILES string of the molecule is C=CCN1C(=O)CC[C@@H]2[C@H]1CCN2Cc1ccsc1. The van der Waals surface area contributed by atoms with Gasteiger partial charge in [0.05, 0.1) is 0 Å². The van der Waals surface area contributed by atoms with E-state index in [0.29, 0.717) is 31.0 Å². The maximum atomic E-state index is 12.0. The lowest BCUT2D eigenvalue weighted by atomic mass is 9.96. The Bertz CT molecular complexity index is 457. The van der Waals surface area contributed by atoms with Gasteiger partial charge in [0.2, 0.25) is 5.91 Å². The molecule has 3 rings (SSSR count). The molecule has 1 amide bonds. The van der Waals surface area contributed by atoms with Gasteiger partial charge in [0, 0.05) is 38.1 Å². The summed E-state index contributed by atoms with van der Waals surface area (Å²) in [6.07, 6.45) is 4.66. The standard InChI is InChI=1S/C15H20N2OS/c1-2-7-17-14-5-8-16(10-12-6-9-19-11-12)13(14)3-4-15(17)18/h2,6,9,11,13-14H,1,3-5,7-8,10H2/t13-,14-/m1/s1. The van der Waals surface area contributed by atoms with Crippen molar-refractivity contribution in [3.05, 3.63) is 35.0 Å². The minimum absolute atomic E-state index is 0.304. The Labute approximate surface area is 118 Å². The summed E-state index contributed by atoms with van der Waals surface area (Å²) in [4.78, 5) is 16.6. The van der Waals surface area contributed by atoms with Crippen LogP contribution in [0.5, 0.6) is 0 Å². The number of piperidine rings is 1. The Morgan fingerprint density at radius 1 is 1.42 bits per heavy atom. The van der Waals surface area contributed by atoms with Crippen LogP contribution in [0.4, 0.5) is 0 Å². The van der Waals surface area contributed by atoms with E-state index >= 15 is 0 Å². The maximum Gasteiger partial charge on any atom is 0.223 e. The first-order chi connectivity index (χ1) is 9.29. The van der Waals surface area contributed by atoms with Crippen molar-refractivity contribution in [2.24, 2.45) is 0 Å². The van der Waals surface area contributed by atoms with Crippen LogP contribution in [0.3, 0.4) is 0 Å². The monoisotopic (exact) mass is 276 g/mol. The fourth-order valence-corrected chi connectivity index (χ4v) is 4.09. The number of amides is 1. The Morgan fingerprint density at radius 2 is 2.32 bits per heavy atom. The van der Waals surface area contributed by atoms with Gasteiger partial charge in [0.15, 0.2) is 0 Å². The first-order valence-electron chi connectivity index (χ1n) is 6.95. The molecule has 3 heterocycles. The Morgan fingerprint density at radius 3 is 3.05 bits per heavy atom. The fraction of sp³-hybridized carbons (Fsp3) is 0.533. The number of carbonyl (C=O) groups excluding carboxylic acids is 1. The molecule has 0 N–H and O–H groups in total. The molecule has 0 bridgehead atoms. The highest BCUT2D eigenvalue weighted by molar-refractivity contribution is 7.07. The van der Waals surface area contributed by atoms with Crippen LogP contribution in [0.25, 0.3) is 0 Å². The van der Waals surface area contributed by atoms with Crippen LogP contribution in [-0.4, -0.2) is 40.9 Å². The summed E-state index contributed by atoms with van der Waals surface area (Å²) >= 11 is 1.76. The van der Waals surface area contributed by atoms with Crippen LogP contribution in [-0.2, 0) is 11.3 Å². The number of thiophene rings is 1. The highest BCUT2D eigenvalue weighted by atomic mass is 32.1. The predicted octanol–water partition coefficient (Wildman–Crippen LogP) is 2.50. The largest absolute Gasteiger partial charge is 0.334 e. The molecule has 2 atom stereocenters. The Balaban J connectivity index is 1.71. The summed E-state index contributed by atoms with van der Waals surface area (Å²) in [6, 6.07) is 3.14. The fourth-order valence-electron chi connectivity index (χ4n) is 3.43. The molecular formula is C15H20N2OS. The molecule has 2 saturated heterocycles. The first kappa shape index (κ1) is 12.9. The molecule has 102 valence electrons. The van der Waals surface area contributed by atoms with Crippen LogP contribution in [0.15, 0.2) is 29.5 Å². The molecule has 0 spiro atoms. The molecule has 0 saturated carbocycles. The average molecular weight is 276 g/mol. The summed E-state index contributed by atoms with van der Waals surface area (Å²) < 4.78 is 0. The summed E-state index contributed by atoms with van der Waals surface area (Å²) in [6.45, 7) is 6.61. The van der Waals surface area contributed by atoms with E-state index in [-0.39, 0.29) is 0 Å². The third kappa shape index (κ3) is 2.47. The smallest absolute Gasteiger partial charge is 0.223 e. The van der Waals surface area contributed by atoms with Gasteiger partial charge in [0.25, 0.3) is 0 Å². The first-order valence-corrected chi connectivity index (χ1v) is 7.89. The third-order valence-corrected chi connectivity index (χ3v) is 5.02. The van der Waals surface area contributed by atoms with E-state index in [1.807, 2.05) is 11.0 Å². The van der Waals surface area contributed by atoms with Crippen LogP contribution in [0, 0.1) is 0 Å². The van der Waals surface area contributed by atoms with Gasteiger partial charge < -0.3 is 4.90 Å². The van der Waals surface area contributed by atoms with Crippen molar-refractivity contribution in [3.8, 4) is 0 Å². The molecule has 3 nitrogen and oxygen atoms in total. The molecule has 1 aromatic heterocycles. The van der Waals surface area contributed by atoms with Gasteiger partial charge in [-0.25, -0.2) is 0 Å².